The zero-order valence-corrected chi connectivity index (χ0v) is 15.8. The van der Waals surface area contributed by atoms with Crippen LogP contribution in [0, 0.1) is 0 Å². The van der Waals surface area contributed by atoms with Crippen LogP contribution in [0.25, 0.3) is 22.6 Å². The molecule has 0 saturated carbocycles. The second-order valence-electron chi connectivity index (χ2n) is 6.27. The number of amides is 1. The lowest BCUT2D eigenvalue weighted by Crippen LogP contribution is -2.30. The molecule has 28 heavy (non-hydrogen) atoms. The number of rotatable bonds is 5. The van der Waals surface area contributed by atoms with Gasteiger partial charge in [-0.05, 0) is 61.5 Å². The van der Waals surface area contributed by atoms with Crippen LogP contribution in [0.15, 0.2) is 77.2 Å². The summed E-state index contributed by atoms with van der Waals surface area (Å²) in [6, 6.07) is 21.8. The van der Waals surface area contributed by atoms with E-state index in [4.69, 9.17) is 20.8 Å². The zero-order chi connectivity index (χ0) is 19.5. The first-order valence-corrected chi connectivity index (χ1v) is 9.15. The molecule has 0 bridgehead atoms. The number of carbonyl (C=O) groups excluding carboxylic acids is 1. The van der Waals surface area contributed by atoms with Crippen LogP contribution in [0.1, 0.15) is 6.92 Å². The van der Waals surface area contributed by atoms with Gasteiger partial charge in [0.1, 0.15) is 11.3 Å². The van der Waals surface area contributed by atoms with Crippen molar-refractivity contribution in [3.8, 4) is 17.2 Å². The van der Waals surface area contributed by atoms with Gasteiger partial charge < -0.3 is 14.5 Å². The number of nitrogens with zero attached hydrogens (tertiary/aromatic N) is 1. The summed E-state index contributed by atoms with van der Waals surface area (Å²) < 4.78 is 11.4. The normalized spacial score (nSPS) is 11.9. The van der Waals surface area contributed by atoms with Crippen molar-refractivity contribution in [3.63, 3.8) is 0 Å². The van der Waals surface area contributed by atoms with Gasteiger partial charge in [-0.1, -0.05) is 29.8 Å². The number of oxazole rings is 1. The quantitative estimate of drug-likeness (QED) is 0.483. The van der Waals surface area contributed by atoms with E-state index >= 15 is 0 Å². The molecular weight excluding hydrogens is 376 g/mol. The fourth-order valence-corrected chi connectivity index (χ4v) is 2.91. The number of para-hydroxylation sites is 2. The first-order valence-electron chi connectivity index (χ1n) is 8.77. The average Bonchev–Trinajstić information content (AvgIpc) is 3.13. The Labute approximate surface area is 166 Å². The largest absolute Gasteiger partial charge is 0.481 e. The summed E-state index contributed by atoms with van der Waals surface area (Å²) >= 11 is 5.94. The number of ether oxygens (including phenoxy) is 1. The van der Waals surface area contributed by atoms with Gasteiger partial charge in [0.2, 0.25) is 5.89 Å². The topological polar surface area (TPSA) is 64.4 Å². The number of carbonyl (C=O) groups is 1. The maximum absolute atomic E-state index is 12.4. The Morgan fingerprint density at radius 2 is 1.86 bits per heavy atom. The Morgan fingerprint density at radius 3 is 2.61 bits per heavy atom. The number of hydrogen-bond acceptors (Lipinski definition) is 4. The van der Waals surface area contributed by atoms with Crippen LogP contribution in [0.5, 0.6) is 5.75 Å². The van der Waals surface area contributed by atoms with E-state index in [9.17, 15) is 4.79 Å². The molecule has 1 aromatic heterocycles. The predicted octanol–water partition coefficient (Wildman–Crippen LogP) is 5.55. The highest BCUT2D eigenvalue weighted by Crippen LogP contribution is 2.25. The molecule has 1 amide bonds. The molecule has 0 aliphatic rings. The van der Waals surface area contributed by atoms with E-state index < -0.39 is 6.10 Å². The van der Waals surface area contributed by atoms with Crippen molar-refractivity contribution < 1.29 is 13.9 Å². The zero-order valence-electron chi connectivity index (χ0n) is 15.1. The minimum absolute atomic E-state index is 0.255. The number of benzene rings is 3. The monoisotopic (exact) mass is 392 g/mol. The van der Waals surface area contributed by atoms with Crippen LogP contribution in [0.2, 0.25) is 5.02 Å². The van der Waals surface area contributed by atoms with E-state index in [1.54, 1.807) is 43.3 Å². The second kappa shape index (κ2) is 7.74. The molecule has 140 valence electrons. The molecule has 1 heterocycles. The summed E-state index contributed by atoms with van der Waals surface area (Å²) in [5, 5.41) is 3.39. The van der Waals surface area contributed by atoms with E-state index in [1.165, 1.54) is 0 Å². The van der Waals surface area contributed by atoms with Crippen molar-refractivity contribution in [1.82, 2.24) is 4.98 Å². The summed E-state index contributed by atoms with van der Waals surface area (Å²) in [6.45, 7) is 1.68. The van der Waals surface area contributed by atoms with Crippen LogP contribution < -0.4 is 10.1 Å². The van der Waals surface area contributed by atoms with E-state index in [0.717, 1.165) is 16.7 Å². The molecule has 6 heteroatoms. The van der Waals surface area contributed by atoms with Gasteiger partial charge in [0.15, 0.2) is 11.7 Å². The van der Waals surface area contributed by atoms with Crippen molar-refractivity contribution in [3.05, 3.63) is 77.8 Å². The predicted molar refractivity (Wildman–Crippen MR) is 110 cm³/mol. The van der Waals surface area contributed by atoms with Gasteiger partial charge in [0, 0.05) is 16.3 Å². The number of aromatic nitrogens is 1. The molecule has 0 unspecified atom stereocenters. The lowest BCUT2D eigenvalue weighted by molar-refractivity contribution is -0.122. The summed E-state index contributed by atoms with van der Waals surface area (Å²) in [5.41, 5.74) is 3.03. The smallest absolute Gasteiger partial charge is 0.265 e. The molecule has 0 spiro atoms. The lowest BCUT2D eigenvalue weighted by atomic mass is 10.2. The minimum Gasteiger partial charge on any atom is -0.481 e. The molecule has 1 atom stereocenters. The highest BCUT2D eigenvalue weighted by Gasteiger charge is 2.15. The van der Waals surface area contributed by atoms with Gasteiger partial charge in [-0.2, -0.15) is 0 Å². The van der Waals surface area contributed by atoms with Crippen molar-refractivity contribution in [2.45, 2.75) is 13.0 Å². The number of anilines is 1. The van der Waals surface area contributed by atoms with Crippen LogP contribution in [0.4, 0.5) is 5.69 Å². The Kier molecular flexibility index (Phi) is 5.00. The number of fused-ring (bicyclic) bond motifs is 1. The molecule has 1 N–H and O–H groups in total. The van der Waals surface area contributed by atoms with Crippen molar-refractivity contribution in [2.75, 3.05) is 5.32 Å². The van der Waals surface area contributed by atoms with E-state index in [2.05, 4.69) is 10.3 Å². The molecular formula is C22H17ClN2O3. The molecule has 4 aromatic rings. The van der Waals surface area contributed by atoms with Gasteiger partial charge in [-0.15, -0.1) is 0 Å². The summed E-state index contributed by atoms with van der Waals surface area (Å²) in [4.78, 5) is 16.8. The van der Waals surface area contributed by atoms with Crippen molar-refractivity contribution in [1.29, 1.82) is 0 Å². The minimum atomic E-state index is -0.671. The first-order chi connectivity index (χ1) is 13.6. The van der Waals surface area contributed by atoms with E-state index in [1.807, 2.05) is 36.4 Å². The van der Waals surface area contributed by atoms with Crippen LogP contribution in [-0.4, -0.2) is 17.0 Å². The SMILES string of the molecule is C[C@H](Oc1cccc(Cl)c1)C(=O)Nc1ccc(-c2nc3ccccc3o2)cc1. The molecule has 5 nitrogen and oxygen atoms in total. The number of halogens is 1. The lowest BCUT2D eigenvalue weighted by Gasteiger charge is -2.15. The van der Waals surface area contributed by atoms with Crippen LogP contribution in [0.3, 0.4) is 0 Å². The molecule has 0 fully saturated rings. The van der Waals surface area contributed by atoms with Gasteiger partial charge >= 0.3 is 0 Å². The molecule has 0 aliphatic heterocycles. The Hall–Kier alpha value is -3.31. The summed E-state index contributed by atoms with van der Waals surface area (Å²) in [7, 11) is 0. The maximum atomic E-state index is 12.4. The Balaban J connectivity index is 1.43. The van der Waals surface area contributed by atoms with Crippen molar-refractivity contribution >= 4 is 34.3 Å². The second-order valence-corrected chi connectivity index (χ2v) is 6.71. The molecule has 4 rings (SSSR count). The van der Waals surface area contributed by atoms with Crippen LogP contribution >= 0.6 is 11.6 Å². The number of hydrogen-bond donors (Lipinski definition) is 1. The average molecular weight is 393 g/mol. The standard InChI is InChI=1S/C22H17ClN2O3/c1-14(27-18-6-4-5-16(23)13-18)21(26)24-17-11-9-15(10-12-17)22-25-19-7-2-3-8-20(19)28-22/h2-14H,1H3,(H,24,26)/t14-/m0/s1. The highest BCUT2D eigenvalue weighted by atomic mass is 35.5. The third kappa shape index (κ3) is 4.00. The van der Waals surface area contributed by atoms with Crippen molar-refractivity contribution in [2.24, 2.45) is 0 Å². The summed E-state index contributed by atoms with van der Waals surface area (Å²) in [5.74, 6) is 0.827. The fourth-order valence-electron chi connectivity index (χ4n) is 2.73. The van der Waals surface area contributed by atoms with Gasteiger partial charge in [-0.3, -0.25) is 4.79 Å². The third-order valence-corrected chi connectivity index (χ3v) is 4.41. The van der Waals surface area contributed by atoms with Gasteiger partial charge in [0.05, 0.1) is 0 Å². The molecule has 3 aromatic carbocycles. The summed E-state index contributed by atoms with van der Waals surface area (Å²) in [6.07, 6.45) is -0.671. The Bertz CT molecular complexity index is 1090. The fraction of sp³-hybridized carbons (Fsp3) is 0.0909. The van der Waals surface area contributed by atoms with Gasteiger partial charge in [-0.25, -0.2) is 4.98 Å². The molecule has 0 radical (unpaired) electrons. The van der Waals surface area contributed by atoms with Gasteiger partial charge in [0.25, 0.3) is 5.91 Å². The van der Waals surface area contributed by atoms with E-state index in [-0.39, 0.29) is 5.91 Å². The maximum Gasteiger partial charge on any atom is 0.265 e. The van der Waals surface area contributed by atoms with E-state index in [0.29, 0.717) is 22.4 Å². The third-order valence-electron chi connectivity index (χ3n) is 4.17. The highest BCUT2D eigenvalue weighted by molar-refractivity contribution is 6.30. The van der Waals surface area contributed by atoms with Crippen LogP contribution in [-0.2, 0) is 4.79 Å². The molecule has 0 aliphatic carbocycles. The first kappa shape index (κ1) is 18.1. The Morgan fingerprint density at radius 1 is 1.07 bits per heavy atom. The molecule has 0 saturated heterocycles. The number of nitrogens with one attached hydrogen (secondary N) is 1.